The SMILES string of the molecule is CCOc1ccc(NS(=O)(=O)c2ccc(C(=O)Nc3cccc(COC(C)C)c3)cc2)cc1. The van der Waals surface area contributed by atoms with Gasteiger partial charge < -0.3 is 14.8 Å². The topological polar surface area (TPSA) is 93.7 Å². The van der Waals surface area contributed by atoms with Gasteiger partial charge in [0, 0.05) is 16.9 Å². The number of hydrogen-bond donors (Lipinski definition) is 2. The molecule has 174 valence electrons. The summed E-state index contributed by atoms with van der Waals surface area (Å²) < 4.78 is 38.8. The van der Waals surface area contributed by atoms with E-state index < -0.39 is 10.0 Å². The molecule has 8 heteroatoms. The van der Waals surface area contributed by atoms with E-state index in [9.17, 15) is 13.2 Å². The van der Waals surface area contributed by atoms with Gasteiger partial charge in [0.05, 0.1) is 24.2 Å². The van der Waals surface area contributed by atoms with Crippen LogP contribution in [0.15, 0.2) is 77.7 Å². The lowest BCUT2D eigenvalue weighted by Gasteiger charge is -2.11. The van der Waals surface area contributed by atoms with E-state index in [1.54, 1.807) is 30.3 Å². The van der Waals surface area contributed by atoms with Crippen LogP contribution in [-0.2, 0) is 21.4 Å². The van der Waals surface area contributed by atoms with Crippen LogP contribution in [0.2, 0.25) is 0 Å². The van der Waals surface area contributed by atoms with E-state index in [4.69, 9.17) is 9.47 Å². The van der Waals surface area contributed by atoms with E-state index in [2.05, 4.69) is 10.0 Å². The fourth-order valence-corrected chi connectivity index (χ4v) is 4.05. The van der Waals surface area contributed by atoms with E-state index >= 15 is 0 Å². The van der Waals surface area contributed by atoms with Crippen molar-refractivity contribution in [2.24, 2.45) is 0 Å². The second-order valence-corrected chi connectivity index (χ2v) is 9.28. The maximum absolute atomic E-state index is 12.7. The molecule has 3 aromatic carbocycles. The smallest absolute Gasteiger partial charge is 0.261 e. The van der Waals surface area contributed by atoms with Crippen molar-refractivity contribution in [2.45, 2.75) is 38.4 Å². The summed E-state index contributed by atoms with van der Waals surface area (Å²) in [4.78, 5) is 12.7. The highest BCUT2D eigenvalue weighted by molar-refractivity contribution is 7.92. The third-order valence-corrected chi connectivity index (χ3v) is 6.01. The highest BCUT2D eigenvalue weighted by Gasteiger charge is 2.15. The van der Waals surface area contributed by atoms with Crippen LogP contribution in [0.4, 0.5) is 11.4 Å². The fourth-order valence-electron chi connectivity index (χ4n) is 2.99. The number of ether oxygens (including phenoxy) is 2. The van der Waals surface area contributed by atoms with E-state index in [0.717, 1.165) is 5.56 Å². The van der Waals surface area contributed by atoms with E-state index in [-0.39, 0.29) is 16.9 Å². The van der Waals surface area contributed by atoms with E-state index in [0.29, 0.717) is 35.9 Å². The summed E-state index contributed by atoms with van der Waals surface area (Å²) in [7, 11) is -3.80. The first-order valence-corrected chi connectivity index (χ1v) is 12.1. The van der Waals surface area contributed by atoms with Gasteiger partial charge in [0.1, 0.15) is 5.75 Å². The van der Waals surface area contributed by atoms with Crippen molar-refractivity contribution in [3.63, 3.8) is 0 Å². The van der Waals surface area contributed by atoms with Gasteiger partial charge in [-0.25, -0.2) is 8.42 Å². The molecule has 3 aromatic rings. The van der Waals surface area contributed by atoms with Crippen molar-refractivity contribution in [3.8, 4) is 5.75 Å². The number of rotatable bonds is 10. The lowest BCUT2D eigenvalue weighted by atomic mass is 10.2. The van der Waals surface area contributed by atoms with Crippen LogP contribution in [0.25, 0.3) is 0 Å². The molecule has 7 nitrogen and oxygen atoms in total. The molecule has 3 rings (SSSR count). The Morgan fingerprint density at radius 2 is 1.64 bits per heavy atom. The molecule has 0 saturated heterocycles. The molecule has 0 spiro atoms. The van der Waals surface area contributed by atoms with Gasteiger partial charge in [-0.1, -0.05) is 12.1 Å². The highest BCUT2D eigenvalue weighted by atomic mass is 32.2. The van der Waals surface area contributed by atoms with E-state index in [1.807, 2.05) is 39.0 Å². The van der Waals surface area contributed by atoms with Gasteiger partial charge in [-0.05, 0) is 87.0 Å². The van der Waals surface area contributed by atoms with Gasteiger partial charge in [-0.15, -0.1) is 0 Å². The molecular formula is C25H28N2O5S. The molecule has 0 unspecified atom stereocenters. The van der Waals surface area contributed by atoms with Gasteiger partial charge in [-0.3, -0.25) is 9.52 Å². The Kier molecular flexibility index (Phi) is 8.08. The minimum Gasteiger partial charge on any atom is -0.494 e. The fraction of sp³-hybridized carbons (Fsp3) is 0.240. The monoisotopic (exact) mass is 468 g/mol. The summed E-state index contributed by atoms with van der Waals surface area (Å²) in [6.45, 7) is 6.78. The number of carbonyl (C=O) groups excluding carboxylic acids is 1. The average Bonchev–Trinajstić information content (AvgIpc) is 2.79. The number of benzene rings is 3. The Balaban J connectivity index is 1.65. The normalized spacial score (nSPS) is 11.3. The largest absolute Gasteiger partial charge is 0.494 e. The molecule has 0 aliphatic rings. The standard InChI is InChI=1S/C25H28N2O5S/c1-4-31-23-12-10-21(11-13-23)27-33(29,30)24-14-8-20(9-15-24)25(28)26-22-7-5-6-19(16-22)17-32-18(2)3/h5-16,18,27H,4,17H2,1-3H3,(H,26,28). The second-order valence-electron chi connectivity index (χ2n) is 7.60. The minimum absolute atomic E-state index is 0.0563. The number of amides is 1. The van der Waals surface area contributed by atoms with Crippen LogP contribution in [-0.4, -0.2) is 27.0 Å². The number of sulfonamides is 1. The molecule has 0 aliphatic heterocycles. The molecule has 0 aromatic heterocycles. The van der Waals surface area contributed by atoms with Crippen molar-refractivity contribution in [2.75, 3.05) is 16.6 Å². The summed E-state index contributed by atoms with van der Waals surface area (Å²) in [5.74, 6) is 0.328. The quantitative estimate of drug-likeness (QED) is 0.434. The van der Waals surface area contributed by atoms with Crippen LogP contribution in [0.1, 0.15) is 36.7 Å². The summed E-state index contributed by atoms with van der Waals surface area (Å²) in [6.07, 6.45) is 0.113. The Morgan fingerprint density at radius 1 is 0.939 bits per heavy atom. The van der Waals surface area contributed by atoms with Crippen molar-refractivity contribution in [1.82, 2.24) is 0 Å². The lowest BCUT2D eigenvalue weighted by Crippen LogP contribution is -2.15. The van der Waals surface area contributed by atoms with Crippen molar-refractivity contribution < 1.29 is 22.7 Å². The zero-order chi connectivity index (χ0) is 23.8. The summed E-state index contributed by atoms with van der Waals surface area (Å²) in [5.41, 5.74) is 2.35. The first kappa shape index (κ1) is 24.3. The molecular weight excluding hydrogens is 440 g/mol. The Hall–Kier alpha value is -3.36. The van der Waals surface area contributed by atoms with Crippen LogP contribution in [0.5, 0.6) is 5.75 Å². The van der Waals surface area contributed by atoms with Crippen LogP contribution in [0.3, 0.4) is 0 Å². The van der Waals surface area contributed by atoms with Crippen LogP contribution < -0.4 is 14.8 Å². The van der Waals surface area contributed by atoms with Crippen molar-refractivity contribution in [3.05, 3.63) is 83.9 Å². The van der Waals surface area contributed by atoms with Gasteiger partial charge in [0.2, 0.25) is 0 Å². The van der Waals surface area contributed by atoms with E-state index in [1.165, 1.54) is 24.3 Å². The number of anilines is 2. The molecule has 0 fully saturated rings. The minimum atomic E-state index is -3.80. The van der Waals surface area contributed by atoms with Crippen LogP contribution in [0, 0.1) is 0 Å². The predicted octanol–water partition coefficient (Wildman–Crippen LogP) is 5.06. The zero-order valence-electron chi connectivity index (χ0n) is 18.9. The summed E-state index contributed by atoms with van der Waals surface area (Å²) >= 11 is 0. The maximum atomic E-state index is 12.7. The second kappa shape index (κ2) is 11.0. The Morgan fingerprint density at radius 3 is 2.27 bits per heavy atom. The Labute approximate surface area is 194 Å². The molecule has 2 N–H and O–H groups in total. The molecule has 0 saturated carbocycles. The third kappa shape index (κ3) is 7.06. The van der Waals surface area contributed by atoms with Gasteiger partial charge in [-0.2, -0.15) is 0 Å². The summed E-state index contributed by atoms with van der Waals surface area (Å²) in [6, 6.07) is 19.8. The summed E-state index contributed by atoms with van der Waals surface area (Å²) in [5, 5.41) is 2.83. The molecule has 33 heavy (non-hydrogen) atoms. The molecule has 0 heterocycles. The molecule has 1 amide bonds. The predicted molar refractivity (Wildman–Crippen MR) is 129 cm³/mol. The molecule has 0 bridgehead atoms. The third-order valence-electron chi connectivity index (χ3n) is 4.61. The first-order chi connectivity index (χ1) is 15.8. The number of hydrogen-bond acceptors (Lipinski definition) is 5. The van der Waals surface area contributed by atoms with Gasteiger partial charge >= 0.3 is 0 Å². The Bertz CT molecular complexity index is 1170. The number of carbonyl (C=O) groups is 1. The van der Waals surface area contributed by atoms with Crippen molar-refractivity contribution in [1.29, 1.82) is 0 Å². The molecule has 0 aliphatic carbocycles. The molecule has 0 atom stereocenters. The average molecular weight is 469 g/mol. The number of nitrogens with one attached hydrogen (secondary N) is 2. The lowest BCUT2D eigenvalue weighted by molar-refractivity contribution is 0.0657. The molecule has 0 radical (unpaired) electrons. The van der Waals surface area contributed by atoms with Gasteiger partial charge in [0.15, 0.2) is 0 Å². The van der Waals surface area contributed by atoms with Crippen LogP contribution >= 0.6 is 0 Å². The highest BCUT2D eigenvalue weighted by Crippen LogP contribution is 2.20. The maximum Gasteiger partial charge on any atom is 0.261 e. The van der Waals surface area contributed by atoms with Crippen molar-refractivity contribution >= 4 is 27.3 Å². The van der Waals surface area contributed by atoms with Gasteiger partial charge in [0.25, 0.3) is 15.9 Å². The first-order valence-electron chi connectivity index (χ1n) is 10.6. The zero-order valence-corrected chi connectivity index (χ0v) is 19.7.